The molecule has 0 amide bonds. The summed E-state index contributed by atoms with van der Waals surface area (Å²) < 4.78 is 23.5. The van der Waals surface area contributed by atoms with E-state index in [1.54, 1.807) is 0 Å². The van der Waals surface area contributed by atoms with Gasteiger partial charge < -0.3 is 5.43 Å². The van der Waals surface area contributed by atoms with Crippen LogP contribution in [-0.4, -0.2) is 18.7 Å². The summed E-state index contributed by atoms with van der Waals surface area (Å²) in [5, 5.41) is -0.199. The number of hydrazine groups is 1. The molecule has 1 aromatic heterocycles. The van der Waals surface area contributed by atoms with Gasteiger partial charge in [0.15, 0.2) is 9.84 Å². The lowest BCUT2D eigenvalue weighted by Crippen LogP contribution is -2.11. The second-order valence-corrected chi connectivity index (χ2v) is 5.49. The average molecular weight is 213 g/mol. The molecule has 3 N–H and O–H groups in total. The van der Waals surface area contributed by atoms with Crippen LogP contribution in [0.2, 0.25) is 0 Å². The van der Waals surface area contributed by atoms with Crippen molar-refractivity contribution < 1.29 is 8.42 Å². The Kier molecular flexibility index (Phi) is 2.16. The molecule has 1 aromatic rings. The first kappa shape index (κ1) is 9.42. The van der Waals surface area contributed by atoms with Gasteiger partial charge in [-0.25, -0.2) is 19.2 Å². The van der Waals surface area contributed by atoms with Crippen LogP contribution in [0.5, 0.6) is 0 Å². The number of nitrogens with one attached hydrogen (secondary N) is 1. The van der Waals surface area contributed by atoms with E-state index in [9.17, 15) is 8.42 Å². The summed E-state index contributed by atoms with van der Waals surface area (Å²) in [6.07, 6.45) is 2.95. The van der Waals surface area contributed by atoms with E-state index in [4.69, 9.17) is 5.84 Å². The van der Waals surface area contributed by atoms with Crippen LogP contribution >= 0.6 is 0 Å². The minimum atomic E-state index is -3.13. The van der Waals surface area contributed by atoms with Gasteiger partial charge in [0.25, 0.3) is 0 Å². The van der Waals surface area contributed by atoms with Gasteiger partial charge in [-0.2, -0.15) is 0 Å². The van der Waals surface area contributed by atoms with Crippen molar-refractivity contribution in [3.63, 3.8) is 0 Å². The molecule has 1 fully saturated rings. The molecule has 76 valence electrons. The van der Waals surface area contributed by atoms with Gasteiger partial charge in [-0.15, -0.1) is 0 Å². The average Bonchev–Trinajstić information content (AvgIpc) is 3.01. The predicted octanol–water partition coefficient (Wildman–Crippen LogP) is 0.303. The molecular weight excluding hydrogens is 202 g/mol. The van der Waals surface area contributed by atoms with Crippen LogP contribution in [0.25, 0.3) is 0 Å². The van der Waals surface area contributed by atoms with Crippen LogP contribution in [0.1, 0.15) is 12.8 Å². The van der Waals surface area contributed by atoms with Gasteiger partial charge in [0.1, 0.15) is 5.82 Å². The fourth-order valence-corrected chi connectivity index (χ4v) is 2.91. The lowest BCUT2D eigenvalue weighted by molar-refractivity contribution is 0.594. The number of sulfone groups is 1. The van der Waals surface area contributed by atoms with Gasteiger partial charge in [0.2, 0.25) is 0 Å². The van der Waals surface area contributed by atoms with E-state index in [1.807, 2.05) is 0 Å². The molecule has 0 aromatic carbocycles. The molecule has 0 saturated heterocycles. The van der Waals surface area contributed by atoms with Crippen LogP contribution in [-0.2, 0) is 9.84 Å². The van der Waals surface area contributed by atoms with Crippen LogP contribution in [0.3, 0.4) is 0 Å². The Morgan fingerprint density at radius 2 is 2.21 bits per heavy atom. The number of hydrogen-bond donors (Lipinski definition) is 2. The van der Waals surface area contributed by atoms with E-state index in [-0.39, 0.29) is 5.25 Å². The van der Waals surface area contributed by atoms with Crippen molar-refractivity contribution in [1.82, 2.24) is 4.98 Å². The smallest absolute Gasteiger partial charge is 0.181 e. The predicted molar refractivity (Wildman–Crippen MR) is 52.3 cm³/mol. The van der Waals surface area contributed by atoms with Crippen molar-refractivity contribution in [2.75, 3.05) is 5.43 Å². The number of nitrogens with zero attached hydrogens (tertiary/aromatic N) is 1. The number of aromatic nitrogens is 1. The summed E-state index contributed by atoms with van der Waals surface area (Å²) in [7, 11) is -3.13. The first-order valence-electron chi connectivity index (χ1n) is 4.31. The number of rotatable bonds is 3. The van der Waals surface area contributed by atoms with Gasteiger partial charge in [0, 0.05) is 12.3 Å². The first-order chi connectivity index (χ1) is 6.64. The van der Waals surface area contributed by atoms with E-state index in [1.165, 1.54) is 18.3 Å². The molecule has 0 spiro atoms. The minimum absolute atomic E-state index is 0.199. The molecule has 1 aliphatic carbocycles. The zero-order valence-electron chi connectivity index (χ0n) is 7.47. The Labute approximate surface area is 82.2 Å². The summed E-state index contributed by atoms with van der Waals surface area (Å²) >= 11 is 0. The Hall–Kier alpha value is -1.14. The van der Waals surface area contributed by atoms with Gasteiger partial charge in [-0.3, -0.25) is 0 Å². The number of hydrogen-bond acceptors (Lipinski definition) is 5. The highest BCUT2D eigenvalue weighted by molar-refractivity contribution is 7.92. The molecule has 1 saturated carbocycles. The minimum Gasteiger partial charge on any atom is -0.308 e. The summed E-state index contributed by atoms with van der Waals surface area (Å²) in [5.41, 5.74) is 2.32. The normalized spacial score (nSPS) is 16.6. The fourth-order valence-electron chi connectivity index (χ4n) is 1.24. The van der Waals surface area contributed by atoms with Crippen LogP contribution in [0.4, 0.5) is 5.82 Å². The van der Waals surface area contributed by atoms with Crippen LogP contribution < -0.4 is 11.3 Å². The molecule has 0 unspecified atom stereocenters. The number of nitrogen functional groups attached to an aromatic ring is 1. The highest BCUT2D eigenvalue weighted by Crippen LogP contribution is 2.33. The molecule has 0 atom stereocenters. The molecule has 5 nitrogen and oxygen atoms in total. The molecule has 2 rings (SSSR count). The van der Waals surface area contributed by atoms with E-state index in [2.05, 4.69) is 10.4 Å². The highest BCUT2D eigenvalue weighted by Gasteiger charge is 2.36. The van der Waals surface area contributed by atoms with Crippen molar-refractivity contribution in [2.24, 2.45) is 5.84 Å². The van der Waals surface area contributed by atoms with Gasteiger partial charge >= 0.3 is 0 Å². The third kappa shape index (κ3) is 1.58. The van der Waals surface area contributed by atoms with Crippen molar-refractivity contribution in [3.05, 3.63) is 18.3 Å². The maximum Gasteiger partial charge on any atom is 0.181 e. The molecule has 0 bridgehead atoms. The number of nitrogens with two attached hydrogens (primary N) is 1. The quantitative estimate of drug-likeness (QED) is 0.557. The second kappa shape index (κ2) is 3.21. The van der Waals surface area contributed by atoms with Crippen molar-refractivity contribution >= 4 is 15.7 Å². The zero-order valence-corrected chi connectivity index (χ0v) is 8.29. The van der Waals surface area contributed by atoms with E-state index in [0.717, 1.165) is 12.8 Å². The van der Waals surface area contributed by atoms with Crippen LogP contribution in [0, 0.1) is 0 Å². The summed E-state index contributed by atoms with van der Waals surface area (Å²) in [6, 6.07) is 2.95. The third-order valence-electron chi connectivity index (χ3n) is 2.17. The summed E-state index contributed by atoms with van der Waals surface area (Å²) in [5.74, 6) is 5.51. The molecule has 0 radical (unpaired) electrons. The Bertz CT molecular complexity index is 440. The van der Waals surface area contributed by atoms with Gasteiger partial charge in [-0.05, 0) is 18.9 Å². The lowest BCUT2D eigenvalue weighted by atomic mass is 10.5. The van der Waals surface area contributed by atoms with Gasteiger partial charge in [0.05, 0.1) is 10.1 Å². The molecule has 1 aliphatic rings. The van der Waals surface area contributed by atoms with E-state index >= 15 is 0 Å². The maximum absolute atomic E-state index is 11.8. The Balaban J connectivity index is 2.40. The lowest BCUT2D eigenvalue weighted by Gasteiger charge is -2.03. The number of pyridine rings is 1. The van der Waals surface area contributed by atoms with Crippen LogP contribution in [0.15, 0.2) is 23.2 Å². The van der Waals surface area contributed by atoms with Gasteiger partial charge in [-0.1, -0.05) is 0 Å². The van der Waals surface area contributed by atoms with E-state index < -0.39 is 9.84 Å². The second-order valence-electron chi connectivity index (χ2n) is 3.27. The molecule has 0 aliphatic heterocycles. The molecule has 6 heteroatoms. The Morgan fingerprint density at radius 3 is 2.79 bits per heavy atom. The standard InChI is InChI=1S/C8H11N3O2S/c9-11-8-5-7(3-4-10-8)14(12,13)6-1-2-6/h3-6H,1-2,9H2,(H,10,11). The molecule has 1 heterocycles. The largest absolute Gasteiger partial charge is 0.308 e. The molecule has 14 heavy (non-hydrogen) atoms. The zero-order chi connectivity index (χ0) is 10.2. The van der Waals surface area contributed by atoms with E-state index in [0.29, 0.717) is 10.7 Å². The Morgan fingerprint density at radius 1 is 1.50 bits per heavy atom. The van der Waals surface area contributed by atoms with Crippen molar-refractivity contribution in [3.8, 4) is 0 Å². The highest BCUT2D eigenvalue weighted by atomic mass is 32.2. The SMILES string of the molecule is NNc1cc(S(=O)(=O)C2CC2)ccn1. The topological polar surface area (TPSA) is 85.1 Å². The summed E-state index contributed by atoms with van der Waals surface area (Å²) in [6.45, 7) is 0. The third-order valence-corrected chi connectivity index (χ3v) is 4.43. The fraction of sp³-hybridized carbons (Fsp3) is 0.375. The van der Waals surface area contributed by atoms with Crippen molar-refractivity contribution in [2.45, 2.75) is 23.0 Å². The first-order valence-corrected chi connectivity index (χ1v) is 5.86. The monoisotopic (exact) mass is 213 g/mol. The number of anilines is 1. The maximum atomic E-state index is 11.8. The summed E-state index contributed by atoms with van der Waals surface area (Å²) in [4.78, 5) is 4.14. The van der Waals surface area contributed by atoms with Crippen molar-refractivity contribution in [1.29, 1.82) is 0 Å². The molecular formula is C8H11N3O2S.